The zero-order valence-corrected chi connectivity index (χ0v) is 12.6. The summed E-state index contributed by atoms with van der Waals surface area (Å²) in [5.41, 5.74) is 2.47. The molecule has 0 aliphatic carbocycles. The van der Waals surface area contributed by atoms with Crippen molar-refractivity contribution >= 4 is 11.6 Å². The molecular weight excluding hydrogens is 252 g/mol. The van der Waals surface area contributed by atoms with Crippen LogP contribution >= 0.6 is 11.6 Å². The van der Waals surface area contributed by atoms with Crippen LogP contribution in [0.25, 0.3) is 0 Å². The summed E-state index contributed by atoms with van der Waals surface area (Å²) in [6.45, 7) is 6.57. The van der Waals surface area contributed by atoms with Gasteiger partial charge >= 0.3 is 0 Å². The van der Waals surface area contributed by atoms with Gasteiger partial charge in [-0.2, -0.15) is 0 Å². The molecule has 0 aliphatic heterocycles. The summed E-state index contributed by atoms with van der Waals surface area (Å²) in [6, 6.07) is 21.0. The average molecular weight is 273 g/mol. The normalized spacial score (nSPS) is 14.9. The highest BCUT2D eigenvalue weighted by Crippen LogP contribution is 2.41. The first kappa shape index (κ1) is 14.1. The van der Waals surface area contributed by atoms with Gasteiger partial charge in [-0.15, -0.1) is 11.6 Å². The summed E-state index contributed by atoms with van der Waals surface area (Å²) in [5.74, 6) is 0. The number of halogens is 1. The summed E-state index contributed by atoms with van der Waals surface area (Å²) in [7, 11) is 0. The molecule has 0 bridgehead atoms. The van der Waals surface area contributed by atoms with Gasteiger partial charge in [-0.25, -0.2) is 0 Å². The molecule has 0 spiro atoms. The Labute approximate surface area is 121 Å². The standard InChI is InChI=1S/C18H21Cl/c1-17(2,16-12-8-5-9-13-16)18(3,19)14-15-10-6-4-7-11-15/h4-13H,14H2,1-3H3. The molecular formula is C18H21Cl. The van der Waals surface area contributed by atoms with Crippen molar-refractivity contribution in [2.75, 3.05) is 0 Å². The van der Waals surface area contributed by atoms with E-state index in [1.165, 1.54) is 11.1 Å². The van der Waals surface area contributed by atoms with Gasteiger partial charge in [-0.1, -0.05) is 74.5 Å². The lowest BCUT2D eigenvalue weighted by atomic mass is 9.71. The Morgan fingerprint density at radius 1 is 0.789 bits per heavy atom. The third kappa shape index (κ3) is 3.01. The lowest BCUT2D eigenvalue weighted by Gasteiger charge is -2.40. The van der Waals surface area contributed by atoms with E-state index in [4.69, 9.17) is 11.6 Å². The van der Waals surface area contributed by atoms with E-state index in [9.17, 15) is 0 Å². The summed E-state index contributed by atoms with van der Waals surface area (Å²) < 4.78 is 0. The Morgan fingerprint density at radius 3 is 1.79 bits per heavy atom. The van der Waals surface area contributed by atoms with Crippen molar-refractivity contribution < 1.29 is 0 Å². The Balaban J connectivity index is 2.28. The second kappa shape index (κ2) is 5.38. The monoisotopic (exact) mass is 272 g/mol. The van der Waals surface area contributed by atoms with Crippen LogP contribution in [0.2, 0.25) is 0 Å². The fourth-order valence-electron chi connectivity index (χ4n) is 2.36. The van der Waals surface area contributed by atoms with Gasteiger partial charge in [0.25, 0.3) is 0 Å². The Morgan fingerprint density at radius 2 is 1.26 bits per heavy atom. The highest BCUT2D eigenvalue weighted by Gasteiger charge is 2.40. The Hall–Kier alpha value is -1.27. The molecule has 0 radical (unpaired) electrons. The lowest BCUT2D eigenvalue weighted by molar-refractivity contribution is 0.375. The molecule has 0 amide bonds. The van der Waals surface area contributed by atoms with Crippen LogP contribution in [0.15, 0.2) is 60.7 Å². The van der Waals surface area contributed by atoms with Gasteiger partial charge in [0.1, 0.15) is 0 Å². The minimum Gasteiger partial charge on any atom is -0.118 e. The average Bonchev–Trinajstić information content (AvgIpc) is 2.40. The van der Waals surface area contributed by atoms with Crippen LogP contribution in [0.1, 0.15) is 31.9 Å². The van der Waals surface area contributed by atoms with E-state index in [0.29, 0.717) is 0 Å². The van der Waals surface area contributed by atoms with Crippen LogP contribution in [-0.2, 0) is 11.8 Å². The zero-order valence-electron chi connectivity index (χ0n) is 11.9. The molecule has 1 heteroatoms. The summed E-state index contributed by atoms with van der Waals surface area (Å²) >= 11 is 6.90. The van der Waals surface area contributed by atoms with E-state index in [-0.39, 0.29) is 10.3 Å². The Kier molecular flexibility index (Phi) is 4.01. The number of rotatable bonds is 4. The maximum atomic E-state index is 6.90. The van der Waals surface area contributed by atoms with Gasteiger partial charge in [-0.3, -0.25) is 0 Å². The maximum Gasteiger partial charge on any atom is 0.0549 e. The number of benzene rings is 2. The predicted octanol–water partition coefficient (Wildman–Crippen LogP) is 5.20. The van der Waals surface area contributed by atoms with Gasteiger partial charge in [0.15, 0.2) is 0 Å². The third-order valence-corrected chi connectivity index (χ3v) is 4.78. The summed E-state index contributed by atoms with van der Waals surface area (Å²) in [5, 5.41) is 0. The van der Waals surface area contributed by atoms with Crippen molar-refractivity contribution in [3.63, 3.8) is 0 Å². The van der Waals surface area contributed by atoms with Gasteiger partial charge in [0.05, 0.1) is 4.87 Å². The van der Waals surface area contributed by atoms with Gasteiger partial charge < -0.3 is 0 Å². The molecule has 19 heavy (non-hydrogen) atoms. The molecule has 100 valence electrons. The zero-order chi connectivity index (χ0) is 13.9. The number of hydrogen-bond acceptors (Lipinski definition) is 0. The molecule has 0 saturated carbocycles. The van der Waals surface area contributed by atoms with Crippen molar-refractivity contribution in [3.05, 3.63) is 71.8 Å². The fraction of sp³-hybridized carbons (Fsp3) is 0.333. The quantitative estimate of drug-likeness (QED) is 0.671. The minimum atomic E-state index is -0.324. The van der Waals surface area contributed by atoms with E-state index in [2.05, 4.69) is 69.3 Å². The largest absolute Gasteiger partial charge is 0.118 e. The molecule has 2 aromatic carbocycles. The number of hydrogen-bond donors (Lipinski definition) is 0. The minimum absolute atomic E-state index is 0.0916. The Bertz CT molecular complexity index is 512. The van der Waals surface area contributed by atoms with Crippen LogP contribution in [0.4, 0.5) is 0 Å². The smallest absolute Gasteiger partial charge is 0.0549 e. The molecule has 1 unspecified atom stereocenters. The van der Waals surface area contributed by atoms with Crippen molar-refractivity contribution in [1.29, 1.82) is 0 Å². The van der Waals surface area contributed by atoms with E-state index in [1.807, 2.05) is 12.1 Å². The second-order valence-corrected chi connectivity index (χ2v) is 6.69. The second-order valence-electron chi connectivity index (χ2n) is 5.85. The van der Waals surface area contributed by atoms with E-state index in [0.717, 1.165) is 6.42 Å². The first-order valence-corrected chi connectivity index (χ1v) is 7.10. The van der Waals surface area contributed by atoms with Gasteiger partial charge in [0, 0.05) is 5.41 Å². The molecule has 0 nitrogen and oxygen atoms in total. The van der Waals surface area contributed by atoms with Crippen LogP contribution in [-0.4, -0.2) is 4.87 Å². The van der Waals surface area contributed by atoms with Crippen molar-refractivity contribution in [2.45, 2.75) is 37.5 Å². The number of alkyl halides is 1. The molecule has 2 aromatic rings. The first-order valence-electron chi connectivity index (χ1n) is 6.72. The van der Waals surface area contributed by atoms with E-state index >= 15 is 0 Å². The third-order valence-electron chi connectivity index (χ3n) is 4.18. The summed E-state index contributed by atoms with van der Waals surface area (Å²) in [4.78, 5) is -0.324. The maximum absolute atomic E-state index is 6.90. The topological polar surface area (TPSA) is 0 Å². The molecule has 2 rings (SSSR count). The van der Waals surface area contributed by atoms with Crippen molar-refractivity contribution in [3.8, 4) is 0 Å². The molecule has 0 aromatic heterocycles. The van der Waals surface area contributed by atoms with Crippen molar-refractivity contribution in [1.82, 2.24) is 0 Å². The highest BCUT2D eigenvalue weighted by molar-refractivity contribution is 6.24. The fourth-order valence-corrected chi connectivity index (χ4v) is 2.62. The van der Waals surface area contributed by atoms with Crippen molar-refractivity contribution in [2.24, 2.45) is 0 Å². The van der Waals surface area contributed by atoms with Gasteiger partial charge in [0.2, 0.25) is 0 Å². The van der Waals surface area contributed by atoms with Crippen LogP contribution in [0.3, 0.4) is 0 Å². The summed E-state index contributed by atoms with van der Waals surface area (Å²) in [6.07, 6.45) is 0.858. The predicted molar refractivity (Wildman–Crippen MR) is 83.9 cm³/mol. The first-order chi connectivity index (χ1) is 8.93. The molecule has 0 N–H and O–H groups in total. The SMILES string of the molecule is CC(Cl)(Cc1ccccc1)C(C)(C)c1ccccc1. The molecule has 0 fully saturated rings. The van der Waals surface area contributed by atoms with Crippen LogP contribution < -0.4 is 0 Å². The molecule has 0 heterocycles. The molecule has 0 saturated heterocycles. The van der Waals surface area contributed by atoms with E-state index < -0.39 is 0 Å². The van der Waals surface area contributed by atoms with E-state index in [1.54, 1.807) is 0 Å². The molecule has 0 aliphatic rings. The molecule has 1 atom stereocenters. The van der Waals surface area contributed by atoms with Crippen LogP contribution in [0.5, 0.6) is 0 Å². The van der Waals surface area contributed by atoms with Crippen LogP contribution in [0, 0.1) is 0 Å². The highest BCUT2D eigenvalue weighted by atomic mass is 35.5. The lowest BCUT2D eigenvalue weighted by Crippen LogP contribution is -2.42. The van der Waals surface area contributed by atoms with Gasteiger partial charge in [-0.05, 0) is 24.5 Å².